The van der Waals surface area contributed by atoms with E-state index in [1.165, 1.54) is 0 Å². The average Bonchev–Trinajstić information content (AvgIpc) is 2.70. The summed E-state index contributed by atoms with van der Waals surface area (Å²) in [6.45, 7) is 0. The van der Waals surface area contributed by atoms with Gasteiger partial charge in [0, 0.05) is 12.0 Å². The second kappa shape index (κ2) is 4.60. The molecule has 80 valence electrons. The van der Waals surface area contributed by atoms with Crippen molar-refractivity contribution in [3.63, 3.8) is 0 Å². The molecule has 1 heterocycles. The van der Waals surface area contributed by atoms with Gasteiger partial charge in [-0.1, -0.05) is 34.4 Å². The molecule has 0 fully saturated rings. The monoisotopic (exact) mass is 263 g/mol. The fourth-order valence-corrected chi connectivity index (χ4v) is 1.82. The summed E-state index contributed by atoms with van der Waals surface area (Å²) >= 11 is 17.4. The molecule has 2 rings (SSSR count). The molecule has 1 atom stereocenters. The normalized spacial score (nSPS) is 19.9. The molecular weight excluding hydrogens is 256 g/mol. The molecular formula is C10H8Cl3NO. The van der Waals surface area contributed by atoms with Crippen LogP contribution in [0.15, 0.2) is 23.4 Å². The molecule has 1 unspecified atom stereocenters. The maximum absolute atomic E-state index is 5.91. The van der Waals surface area contributed by atoms with Gasteiger partial charge < -0.3 is 4.84 Å². The second-order valence-electron chi connectivity index (χ2n) is 3.25. The topological polar surface area (TPSA) is 21.6 Å². The summed E-state index contributed by atoms with van der Waals surface area (Å²) in [4.78, 5) is 5.12. The van der Waals surface area contributed by atoms with Crippen LogP contribution in [-0.4, -0.2) is 17.7 Å². The Morgan fingerprint density at radius 1 is 1.33 bits per heavy atom. The molecule has 0 spiro atoms. The van der Waals surface area contributed by atoms with E-state index in [2.05, 4.69) is 5.16 Å². The first kappa shape index (κ1) is 11.1. The minimum atomic E-state index is -0.0314. The Balaban J connectivity index is 2.21. The largest absolute Gasteiger partial charge is 0.391 e. The molecule has 2 nitrogen and oxygen atoms in total. The first-order valence-electron chi connectivity index (χ1n) is 4.45. The third-order valence-corrected chi connectivity index (χ3v) is 3.24. The molecule has 0 aliphatic carbocycles. The van der Waals surface area contributed by atoms with Gasteiger partial charge in [0.15, 0.2) is 0 Å². The summed E-state index contributed by atoms with van der Waals surface area (Å²) in [6.07, 6.45) is 0.678. The SMILES string of the molecule is ClCC1CC(c2ccc(Cl)c(Cl)c2)=NO1. The van der Waals surface area contributed by atoms with Gasteiger partial charge in [0.2, 0.25) is 0 Å². The molecule has 0 aromatic heterocycles. The van der Waals surface area contributed by atoms with E-state index in [4.69, 9.17) is 39.6 Å². The third-order valence-electron chi connectivity index (χ3n) is 2.16. The first-order chi connectivity index (χ1) is 7.20. The molecule has 0 amide bonds. The molecule has 0 saturated heterocycles. The number of hydrogen-bond acceptors (Lipinski definition) is 2. The maximum Gasteiger partial charge on any atom is 0.146 e. The predicted molar refractivity (Wildman–Crippen MR) is 63.2 cm³/mol. The fraction of sp³-hybridized carbons (Fsp3) is 0.300. The van der Waals surface area contributed by atoms with Crippen molar-refractivity contribution in [2.24, 2.45) is 5.16 Å². The Hall–Kier alpha value is -0.440. The van der Waals surface area contributed by atoms with E-state index in [1.807, 2.05) is 6.07 Å². The van der Waals surface area contributed by atoms with Crippen LogP contribution in [0.5, 0.6) is 0 Å². The van der Waals surface area contributed by atoms with E-state index in [1.54, 1.807) is 12.1 Å². The number of alkyl halides is 1. The van der Waals surface area contributed by atoms with Crippen LogP contribution < -0.4 is 0 Å². The molecule has 0 radical (unpaired) electrons. The van der Waals surface area contributed by atoms with Gasteiger partial charge >= 0.3 is 0 Å². The quantitative estimate of drug-likeness (QED) is 0.746. The Morgan fingerprint density at radius 2 is 2.13 bits per heavy atom. The number of rotatable bonds is 2. The predicted octanol–water partition coefficient (Wildman–Crippen LogP) is 3.73. The first-order valence-corrected chi connectivity index (χ1v) is 5.74. The van der Waals surface area contributed by atoms with E-state index in [-0.39, 0.29) is 6.10 Å². The Bertz CT molecular complexity index is 406. The van der Waals surface area contributed by atoms with Crippen LogP contribution in [0.1, 0.15) is 12.0 Å². The van der Waals surface area contributed by atoms with Gasteiger partial charge in [-0.15, -0.1) is 11.6 Å². The van der Waals surface area contributed by atoms with Crippen LogP contribution >= 0.6 is 34.8 Å². The third kappa shape index (κ3) is 2.39. The van der Waals surface area contributed by atoms with Gasteiger partial charge in [0.1, 0.15) is 6.10 Å². The number of nitrogens with zero attached hydrogens (tertiary/aromatic N) is 1. The van der Waals surface area contributed by atoms with Gasteiger partial charge in [-0.25, -0.2) is 0 Å². The fourth-order valence-electron chi connectivity index (χ4n) is 1.36. The van der Waals surface area contributed by atoms with E-state index in [9.17, 15) is 0 Å². The second-order valence-corrected chi connectivity index (χ2v) is 4.38. The smallest absolute Gasteiger partial charge is 0.146 e. The van der Waals surface area contributed by atoms with Gasteiger partial charge in [0.05, 0.1) is 21.6 Å². The lowest BCUT2D eigenvalue weighted by Gasteiger charge is -2.02. The molecule has 5 heteroatoms. The molecule has 1 aliphatic rings. The van der Waals surface area contributed by atoms with Crippen molar-refractivity contribution in [3.05, 3.63) is 33.8 Å². The summed E-state index contributed by atoms with van der Waals surface area (Å²) in [7, 11) is 0. The van der Waals surface area contributed by atoms with Crippen molar-refractivity contribution in [3.8, 4) is 0 Å². The van der Waals surface area contributed by atoms with Crippen molar-refractivity contribution >= 4 is 40.5 Å². The lowest BCUT2D eigenvalue weighted by molar-refractivity contribution is 0.102. The summed E-state index contributed by atoms with van der Waals surface area (Å²) in [5.41, 5.74) is 1.79. The van der Waals surface area contributed by atoms with Crippen LogP contribution in [0.25, 0.3) is 0 Å². The molecule has 1 aromatic carbocycles. The van der Waals surface area contributed by atoms with Gasteiger partial charge in [-0.05, 0) is 12.1 Å². The highest BCUT2D eigenvalue weighted by Crippen LogP contribution is 2.25. The summed E-state index contributed by atoms with van der Waals surface area (Å²) < 4.78 is 0. The number of halogens is 3. The van der Waals surface area contributed by atoms with E-state index in [0.717, 1.165) is 11.3 Å². The van der Waals surface area contributed by atoms with Crippen molar-refractivity contribution in [2.75, 3.05) is 5.88 Å². The lowest BCUT2D eigenvalue weighted by atomic mass is 10.1. The average molecular weight is 265 g/mol. The van der Waals surface area contributed by atoms with Crippen LogP contribution in [-0.2, 0) is 4.84 Å². The molecule has 15 heavy (non-hydrogen) atoms. The zero-order valence-electron chi connectivity index (χ0n) is 7.71. The highest BCUT2D eigenvalue weighted by molar-refractivity contribution is 6.42. The number of benzene rings is 1. The molecule has 1 aromatic rings. The van der Waals surface area contributed by atoms with E-state index in [0.29, 0.717) is 22.3 Å². The van der Waals surface area contributed by atoms with Crippen LogP contribution in [0.3, 0.4) is 0 Å². The Kier molecular flexibility index (Phi) is 3.39. The molecule has 0 saturated carbocycles. The van der Waals surface area contributed by atoms with E-state index < -0.39 is 0 Å². The van der Waals surface area contributed by atoms with E-state index >= 15 is 0 Å². The Morgan fingerprint density at radius 3 is 2.73 bits per heavy atom. The number of oxime groups is 1. The van der Waals surface area contributed by atoms with Crippen LogP contribution in [0.2, 0.25) is 10.0 Å². The minimum Gasteiger partial charge on any atom is -0.391 e. The highest BCUT2D eigenvalue weighted by Gasteiger charge is 2.21. The standard InChI is InChI=1S/C10H8Cl3NO/c11-5-7-4-10(14-15-7)6-1-2-8(12)9(13)3-6/h1-3,7H,4-5H2. The summed E-state index contributed by atoms with van der Waals surface area (Å²) in [5.74, 6) is 0.439. The lowest BCUT2D eigenvalue weighted by Crippen LogP contribution is -2.09. The van der Waals surface area contributed by atoms with Gasteiger partial charge in [0.25, 0.3) is 0 Å². The van der Waals surface area contributed by atoms with Crippen LogP contribution in [0.4, 0.5) is 0 Å². The molecule has 0 N–H and O–H groups in total. The zero-order chi connectivity index (χ0) is 10.8. The van der Waals surface area contributed by atoms with Gasteiger partial charge in [-0.3, -0.25) is 0 Å². The molecule has 1 aliphatic heterocycles. The van der Waals surface area contributed by atoms with Gasteiger partial charge in [-0.2, -0.15) is 0 Å². The van der Waals surface area contributed by atoms with Crippen molar-refractivity contribution in [1.29, 1.82) is 0 Å². The summed E-state index contributed by atoms with van der Waals surface area (Å²) in [6, 6.07) is 5.39. The molecule has 0 bridgehead atoms. The van der Waals surface area contributed by atoms with Crippen LogP contribution in [0, 0.1) is 0 Å². The minimum absolute atomic E-state index is 0.0314. The van der Waals surface area contributed by atoms with Crippen molar-refractivity contribution in [1.82, 2.24) is 0 Å². The Labute approximate surface area is 103 Å². The zero-order valence-corrected chi connectivity index (χ0v) is 9.98. The maximum atomic E-state index is 5.91. The van der Waals surface area contributed by atoms with Crippen molar-refractivity contribution in [2.45, 2.75) is 12.5 Å². The van der Waals surface area contributed by atoms with Crippen molar-refractivity contribution < 1.29 is 4.84 Å². The number of hydrogen-bond donors (Lipinski definition) is 0. The summed E-state index contributed by atoms with van der Waals surface area (Å²) in [5, 5.41) is 5.02. The highest BCUT2D eigenvalue weighted by atomic mass is 35.5.